The predicted molar refractivity (Wildman–Crippen MR) is 59.2 cm³/mol. The van der Waals surface area contributed by atoms with Crippen molar-refractivity contribution in [2.75, 3.05) is 6.54 Å². The lowest BCUT2D eigenvalue weighted by molar-refractivity contribution is -0.469. The molecule has 0 aliphatic carbocycles. The summed E-state index contributed by atoms with van der Waals surface area (Å²) >= 11 is 0. The van der Waals surface area contributed by atoms with E-state index < -0.39 is 17.4 Å². The van der Waals surface area contributed by atoms with E-state index in [-0.39, 0.29) is 5.75 Å². The van der Waals surface area contributed by atoms with Gasteiger partial charge in [-0.25, -0.2) is 4.79 Å². The van der Waals surface area contributed by atoms with Gasteiger partial charge in [-0.05, 0) is 29.7 Å². The fraction of sp³-hybridized carbons (Fsp3) is 0.0909. The molecule has 1 aromatic carbocycles. The van der Waals surface area contributed by atoms with E-state index in [1.54, 1.807) is 36.7 Å². The minimum absolute atomic E-state index is 0.288. The minimum Gasteiger partial charge on any atom is -0.422 e. The summed E-state index contributed by atoms with van der Waals surface area (Å²) in [7, 11) is 0. The van der Waals surface area contributed by atoms with Gasteiger partial charge in [0.05, 0.1) is 0 Å². The third kappa shape index (κ3) is 2.75. The summed E-state index contributed by atoms with van der Waals surface area (Å²) in [6, 6.07) is 6.70. The van der Waals surface area contributed by atoms with E-state index in [1.165, 1.54) is 0 Å². The van der Waals surface area contributed by atoms with Gasteiger partial charge in [-0.1, -0.05) is 0 Å². The summed E-state index contributed by atoms with van der Waals surface area (Å²) in [5.74, 6) is -0.598. The summed E-state index contributed by atoms with van der Waals surface area (Å²) in [5, 5.41) is 11.9. The zero-order valence-electron chi connectivity index (χ0n) is 8.70. The highest BCUT2D eigenvalue weighted by Gasteiger charge is 2.12. The monoisotopic (exact) mass is 232 g/mol. The van der Waals surface area contributed by atoms with Crippen molar-refractivity contribution in [3.63, 3.8) is 0 Å². The number of esters is 1. The van der Waals surface area contributed by atoms with Crippen LogP contribution in [0, 0.1) is 10.1 Å². The second-order valence-electron chi connectivity index (χ2n) is 3.35. The predicted octanol–water partition coefficient (Wildman–Crippen LogP) is 1.42. The number of nitro groups is 1. The van der Waals surface area contributed by atoms with E-state index in [0.717, 1.165) is 10.8 Å². The van der Waals surface area contributed by atoms with Crippen LogP contribution in [-0.4, -0.2) is 22.4 Å². The maximum absolute atomic E-state index is 11.1. The van der Waals surface area contributed by atoms with Gasteiger partial charge in [0.1, 0.15) is 5.75 Å². The van der Waals surface area contributed by atoms with Crippen molar-refractivity contribution in [3.05, 3.63) is 46.8 Å². The van der Waals surface area contributed by atoms with E-state index in [9.17, 15) is 14.9 Å². The van der Waals surface area contributed by atoms with E-state index in [4.69, 9.17) is 4.74 Å². The smallest absolute Gasteiger partial charge is 0.383 e. The molecule has 2 aromatic rings. The fourth-order valence-electron chi connectivity index (χ4n) is 1.39. The number of benzene rings is 1. The van der Waals surface area contributed by atoms with E-state index in [2.05, 4.69) is 4.98 Å². The minimum atomic E-state index is -0.886. The number of fused-ring (bicyclic) bond motifs is 1. The van der Waals surface area contributed by atoms with Crippen LogP contribution in [0.5, 0.6) is 5.75 Å². The lowest BCUT2D eigenvalue weighted by Gasteiger charge is -2.03. The number of nitrogens with zero attached hydrogens (tertiary/aromatic N) is 2. The Morgan fingerprint density at radius 3 is 2.94 bits per heavy atom. The summed E-state index contributed by atoms with van der Waals surface area (Å²) < 4.78 is 4.83. The van der Waals surface area contributed by atoms with E-state index in [1.807, 2.05) is 0 Å². The number of aromatic nitrogens is 1. The SMILES string of the molecule is O=C(C[N+](=O)[O-])Oc1ccc2cnccc2c1. The van der Waals surface area contributed by atoms with E-state index in [0.29, 0.717) is 0 Å². The van der Waals surface area contributed by atoms with Crippen molar-refractivity contribution in [1.29, 1.82) is 0 Å². The van der Waals surface area contributed by atoms with Crippen LogP contribution in [0.1, 0.15) is 0 Å². The average molecular weight is 232 g/mol. The third-order valence-electron chi connectivity index (χ3n) is 2.10. The second kappa shape index (κ2) is 4.56. The molecule has 0 aliphatic heterocycles. The summed E-state index contributed by atoms with van der Waals surface area (Å²) in [4.78, 5) is 24.4. The molecule has 17 heavy (non-hydrogen) atoms. The first-order chi connectivity index (χ1) is 8.15. The van der Waals surface area contributed by atoms with Crippen LogP contribution < -0.4 is 4.74 Å². The lowest BCUT2D eigenvalue weighted by Crippen LogP contribution is -2.19. The number of carbonyl (C=O) groups excluding carboxylic acids is 1. The number of ether oxygens (including phenoxy) is 1. The van der Waals surface area contributed by atoms with Crippen LogP contribution in [-0.2, 0) is 4.79 Å². The summed E-state index contributed by atoms with van der Waals surface area (Å²) in [6.45, 7) is -0.839. The molecule has 0 amide bonds. The van der Waals surface area contributed by atoms with Crippen molar-refractivity contribution in [3.8, 4) is 5.75 Å². The molecule has 0 fully saturated rings. The normalized spacial score (nSPS) is 10.1. The molecule has 2 rings (SSSR count). The van der Waals surface area contributed by atoms with Crippen molar-refractivity contribution < 1.29 is 14.5 Å². The topological polar surface area (TPSA) is 82.3 Å². The molecule has 1 heterocycles. The van der Waals surface area contributed by atoms with Gasteiger partial charge in [-0.2, -0.15) is 0 Å². The van der Waals surface area contributed by atoms with Gasteiger partial charge in [-0.15, -0.1) is 0 Å². The molecule has 6 heteroatoms. The fourth-order valence-corrected chi connectivity index (χ4v) is 1.39. The molecule has 0 bridgehead atoms. The molecule has 0 saturated heterocycles. The Hall–Kier alpha value is -2.50. The average Bonchev–Trinajstić information content (AvgIpc) is 2.27. The molecule has 6 nitrogen and oxygen atoms in total. The molecule has 0 saturated carbocycles. The zero-order chi connectivity index (χ0) is 12.3. The molecule has 0 atom stereocenters. The van der Waals surface area contributed by atoms with Crippen LogP contribution in [0.4, 0.5) is 0 Å². The van der Waals surface area contributed by atoms with Gasteiger partial charge in [0.25, 0.3) is 6.54 Å². The first kappa shape index (κ1) is 11.0. The maximum atomic E-state index is 11.1. The zero-order valence-corrected chi connectivity index (χ0v) is 8.70. The first-order valence-corrected chi connectivity index (χ1v) is 4.81. The van der Waals surface area contributed by atoms with Gasteiger partial charge in [0.15, 0.2) is 0 Å². The molecule has 1 aromatic heterocycles. The Labute approximate surface area is 96.0 Å². The first-order valence-electron chi connectivity index (χ1n) is 4.81. The van der Waals surface area contributed by atoms with Crippen LogP contribution >= 0.6 is 0 Å². The Balaban J connectivity index is 2.19. The molecule has 0 radical (unpaired) electrons. The third-order valence-corrected chi connectivity index (χ3v) is 2.10. The Morgan fingerprint density at radius 2 is 2.18 bits per heavy atom. The van der Waals surface area contributed by atoms with Crippen LogP contribution in [0.3, 0.4) is 0 Å². The quantitative estimate of drug-likeness (QED) is 0.346. The van der Waals surface area contributed by atoms with Crippen LogP contribution in [0.25, 0.3) is 10.8 Å². The second-order valence-corrected chi connectivity index (χ2v) is 3.35. The molecule has 86 valence electrons. The number of pyridine rings is 1. The number of hydrogen-bond acceptors (Lipinski definition) is 5. The Morgan fingerprint density at radius 1 is 1.35 bits per heavy atom. The molecule has 0 aliphatic rings. The molecule has 0 unspecified atom stereocenters. The molecular formula is C11H8N2O4. The lowest BCUT2D eigenvalue weighted by atomic mass is 10.2. The van der Waals surface area contributed by atoms with Gasteiger partial charge in [0, 0.05) is 22.7 Å². The summed E-state index contributed by atoms with van der Waals surface area (Å²) in [5.41, 5.74) is 0. The maximum Gasteiger partial charge on any atom is 0.383 e. The Bertz CT molecular complexity index is 582. The van der Waals surface area contributed by atoms with E-state index >= 15 is 0 Å². The van der Waals surface area contributed by atoms with Crippen molar-refractivity contribution in [1.82, 2.24) is 4.98 Å². The number of rotatable bonds is 3. The van der Waals surface area contributed by atoms with Crippen LogP contribution in [0.2, 0.25) is 0 Å². The number of hydrogen-bond donors (Lipinski definition) is 0. The Kier molecular flexibility index (Phi) is 2.95. The van der Waals surface area contributed by atoms with Crippen molar-refractivity contribution in [2.24, 2.45) is 0 Å². The number of carbonyl (C=O) groups is 1. The van der Waals surface area contributed by atoms with Gasteiger partial charge < -0.3 is 4.74 Å². The highest BCUT2D eigenvalue weighted by molar-refractivity contribution is 5.84. The highest BCUT2D eigenvalue weighted by Crippen LogP contribution is 2.19. The molecular weight excluding hydrogens is 224 g/mol. The van der Waals surface area contributed by atoms with Gasteiger partial charge in [0.2, 0.25) is 0 Å². The molecule has 0 spiro atoms. The summed E-state index contributed by atoms with van der Waals surface area (Å²) in [6.07, 6.45) is 3.29. The van der Waals surface area contributed by atoms with Crippen molar-refractivity contribution >= 4 is 16.7 Å². The largest absolute Gasteiger partial charge is 0.422 e. The van der Waals surface area contributed by atoms with Crippen molar-refractivity contribution in [2.45, 2.75) is 0 Å². The van der Waals surface area contributed by atoms with Gasteiger partial charge in [-0.3, -0.25) is 15.1 Å². The standard InChI is InChI=1S/C11H8N2O4/c14-11(7-13(15)16)17-10-2-1-9-6-12-4-3-8(9)5-10/h1-6H,7H2. The molecule has 0 N–H and O–H groups in total. The highest BCUT2D eigenvalue weighted by atomic mass is 16.6. The van der Waals surface area contributed by atoms with Crippen LogP contribution in [0.15, 0.2) is 36.7 Å². The van der Waals surface area contributed by atoms with Gasteiger partial charge >= 0.3 is 5.97 Å².